The van der Waals surface area contributed by atoms with Crippen LogP contribution in [-0.2, 0) is 13.6 Å². The number of hydrogen-bond acceptors (Lipinski definition) is 3. The van der Waals surface area contributed by atoms with E-state index in [2.05, 4.69) is 10.1 Å². The summed E-state index contributed by atoms with van der Waals surface area (Å²) in [5.41, 5.74) is 2.12. The first kappa shape index (κ1) is 14.6. The summed E-state index contributed by atoms with van der Waals surface area (Å²) < 4.78 is 17.6. The fraction of sp³-hybridized carbons (Fsp3) is 0.267. The maximum absolute atomic E-state index is 13.4. The molecule has 1 amide bonds. The van der Waals surface area contributed by atoms with Gasteiger partial charge >= 0.3 is 0 Å². The molecule has 3 aromatic rings. The number of aromatic nitrogens is 3. The van der Waals surface area contributed by atoms with E-state index in [0.717, 1.165) is 15.8 Å². The van der Waals surface area contributed by atoms with Crippen LogP contribution in [0.3, 0.4) is 0 Å². The van der Waals surface area contributed by atoms with Crippen LogP contribution >= 0.6 is 11.3 Å². The zero-order valence-electron chi connectivity index (χ0n) is 12.5. The van der Waals surface area contributed by atoms with Gasteiger partial charge in [-0.3, -0.25) is 9.48 Å². The second kappa shape index (κ2) is 5.49. The summed E-state index contributed by atoms with van der Waals surface area (Å²) in [7, 11) is 1.71. The molecule has 1 aromatic carbocycles. The van der Waals surface area contributed by atoms with E-state index in [1.807, 2.05) is 18.4 Å². The maximum atomic E-state index is 13.4. The Kier molecular flexibility index (Phi) is 3.66. The Morgan fingerprint density at radius 1 is 1.45 bits per heavy atom. The van der Waals surface area contributed by atoms with Crippen molar-refractivity contribution in [2.24, 2.45) is 12.0 Å². The first-order chi connectivity index (χ1) is 10.5. The molecule has 0 aliphatic heterocycles. The molecule has 114 valence electrons. The lowest BCUT2D eigenvalue weighted by Gasteiger charge is -2.00. The first-order valence-electron chi connectivity index (χ1n) is 6.87. The second-order valence-electron chi connectivity index (χ2n) is 4.96. The molecule has 0 radical (unpaired) electrons. The molecule has 0 bridgehead atoms. The number of rotatable bonds is 2. The summed E-state index contributed by atoms with van der Waals surface area (Å²) in [4.78, 5) is 17.2. The fourth-order valence-electron chi connectivity index (χ4n) is 2.43. The predicted octanol–water partition coefficient (Wildman–Crippen LogP) is 2.64. The van der Waals surface area contributed by atoms with Gasteiger partial charge in [-0.15, -0.1) is 0 Å². The summed E-state index contributed by atoms with van der Waals surface area (Å²) >= 11 is 1.31. The highest BCUT2D eigenvalue weighted by Gasteiger charge is 2.14. The molecule has 0 aliphatic rings. The van der Waals surface area contributed by atoms with Gasteiger partial charge in [0.05, 0.1) is 16.4 Å². The summed E-state index contributed by atoms with van der Waals surface area (Å²) in [6, 6.07) is 4.59. The summed E-state index contributed by atoms with van der Waals surface area (Å²) in [6.07, 6.45) is 1.64. The maximum Gasteiger partial charge on any atom is 0.298 e. The van der Waals surface area contributed by atoms with E-state index in [1.165, 1.54) is 28.2 Å². The zero-order chi connectivity index (χ0) is 15.9. The van der Waals surface area contributed by atoms with Crippen LogP contribution in [0.1, 0.15) is 23.0 Å². The van der Waals surface area contributed by atoms with Crippen molar-refractivity contribution >= 4 is 27.5 Å². The molecule has 0 fully saturated rings. The number of halogens is 1. The molecular formula is C15H15FN4OS. The smallest absolute Gasteiger partial charge is 0.298 e. The third-order valence-electron chi connectivity index (χ3n) is 3.48. The zero-order valence-corrected chi connectivity index (χ0v) is 13.3. The molecule has 22 heavy (non-hydrogen) atoms. The monoisotopic (exact) mass is 318 g/mol. The van der Waals surface area contributed by atoms with E-state index in [9.17, 15) is 9.18 Å². The summed E-state index contributed by atoms with van der Waals surface area (Å²) in [5, 5.41) is 4.06. The van der Waals surface area contributed by atoms with Gasteiger partial charge in [-0.2, -0.15) is 10.1 Å². The van der Waals surface area contributed by atoms with E-state index in [-0.39, 0.29) is 11.7 Å². The van der Waals surface area contributed by atoms with E-state index < -0.39 is 0 Å². The van der Waals surface area contributed by atoms with Gasteiger partial charge in [0.15, 0.2) is 4.80 Å². The van der Waals surface area contributed by atoms with Crippen molar-refractivity contribution < 1.29 is 9.18 Å². The fourth-order valence-corrected chi connectivity index (χ4v) is 3.55. The largest absolute Gasteiger partial charge is 0.317 e. The van der Waals surface area contributed by atoms with Gasteiger partial charge in [0.1, 0.15) is 11.5 Å². The van der Waals surface area contributed by atoms with Crippen molar-refractivity contribution in [3.63, 3.8) is 0 Å². The highest BCUT2D eigenvalue weighted by molar-refractivity contribution is 7.16. The van der Waals surface area contributed by atoms with Gasteiger partial charge in [0.25, 0.3) is 5.91 Å². The van der Waals surface area contributed by atoms with Gasteiger partial charge in [-0.25, -0.2) is 4.39 Å². The predicted molar refractivity (Wildman–Crippen MR) is 83.3 cm³/mol. The van der Waals surface area contributed by atoms with Crippen molar-refractivity contribution in [3.8, 4) is 0 Å². The quantitative estimate of drug-likeness (QED) is 0.729. The van der Waals surface area contributed by atoms with Crippen molar-refractivity contribution in [1.29, 1.82) is 0 Å². The second-order valence-corrected chi connectivity index (χ2v) is 5.97. The van der Waals surface area contributed by atoms with Crippen LogP contribution in [0, 0.1) is 12.7 Å². The lowest BCUT2D eigenvalue weighted by Crippen LogP contribution is -2.17. The molecular weight excluding hydrogens is 303 g/mol. The Morgan fingerprint density at radius 3 is 2.86 bits per heavy atom. The van der Waals surface area contributed by atoms with Gasteiger partial charge in [0.2, 0.25) is 0 Å². The van der Waals surface area contributed by atoms with Crippen molar-refractivity contribution in [3.05, 3.63) is 46.3 Å². The van der Waals surface area contributed by atoms with Crippen molar-refractivity contribution in [1.82, 2.24) is 14.3 Å². The van der Waals surface area contributed by atoms with E-state index in [0.29, 0.717) is 17.0 Å². The molecule has 0 N–H and O–H groups in total. The van der Waals surface area contributed by atoms with E-state index >= 15 is 0 Å². The summed E-state index contributed by atoms with van der Waals surface area (Å²) in [6.45, 7) is 4.44. The highest BCUT2D eigenvalue weighted by atomic mass is 32.1. The normalized spacial score (nSPS) is 12.3. The van der Waals surface area contributed by atoms with Crippen LogP contribution in [0.15, 0.2) is 29.4 Å². The van der Waals surface area contributed by atoms with Crippen molar-refractivity contribution in [2.45, 2.75) is 20.4 Å². The molecule has 2 heterocycles. The number of aryl methyl sites for hydroxylation is 3. The SMILES string of the molecule is CCn1c(=NC(=O)c2c(C)cnn2C)sc2cc(F)ccc21. The van der Waals surface area contributed by atoms with Crippen LogP contribution in [0.5, 0.6) is 0 Å². The van der Waals surface area contributed by atoms with Crippen LogP contribution in [0.4, 0.5) is 4.39 Å². The molecule has 5 nitrogen and oxygen atoms in total. The molecule has 3 rings (SSSR count). The van der Waals surface area contributed by atoms with Crippen LogP contribution in [-0.4, -0.2) is 20.3 Å². The molecule has 0 saturated heterocycles. The molecule has 0 atom stereocenters. The minimum absolute atomic E-state index is 0.294. The minimum Gasteiger partial charge on any atom is -0.317 e. The third kappa shape index (κ3) is 2.37. The van der Waals surface area contributed by atoms with Gasteiger partial charge in [0, 0.05) is 19.2 Å². The number of fused-ring (bicyclic) bond motifs is 1. The number of amides is 1. The third-order valence-corrected chi connectivity index (χ3v) is 4.52. The Bertz CT molecular complexity index is 915. The van der Waals surface area contributed by atoms with Gasteiger partial charge in [-0.05, 0) is 32.0 Å². The Morgan fingerprint density at radius 2 is 2.23 bits per heavy atom. The van der Waals surface area contributed by atoms with Crippen LogP contribution in [0.25, 0.3) is 10.2 Å². The first-order valence-corrected chi connectivity index (χ1v) is 7.69. The number of thiazole rings is 1. The number of benzene rings is 1. The molecule has 0 saturated carbocycles. The van der Waals surface area contributed by atoms with Crippen molar-refractivity contribution in [2.75, 3.05) is 0 Å². The Hall–Kier alpha value is -2.28. The Balaban J connectivity index is 2.19. The molecule has 0 aliphatic carbocycles. The molecule has 7 heteroatoms. The van der Waals surface area contributed by atoms with E-state index in [4.69, 9.17) is 0 Å². The average Bonchev–Trinajstić information content (AvgIpc) is 2.97. The molecule has 0 unspecified atom stereocenters. The molecule has 2 aromatic heterocycles. The standard InChI is InChI=1S/C15H15FN4OS/c1-4-20-11-6-5-10(16)7-12(11)22-15(20)18-14(21)13-9(2)8-17-19(13)3/h5-8H,4H2,1-3H3. The van der Waals surface area contributed by atoms with Gasteiger partial charge < -0.3 is 4.57 Å². The lowest BCUT2D eigenvalue weighted by atomic mass is 10.3. The topological polar surface area (TPSA) is 52.2 Å². The van der Waals surface area contributed by atoms with Gasteiger partial charge in [-0.1, -0.05) is 11.3 Å². The van der Waals surface area contributed by atoms with Crippen LogP contribution in [0.2, 0.25) is 0 Å². The molecule has 0 spiro atoms. The number of hydrogen-bond donors (Lipinski definition) is 0. The highest BCUT2D eigenvalue weighted by Crippen LogP contribution is 2.18. The number of carbonyl (C=O) groups is 1. The lowest BCUT2D eigenvalue weighted by molar-refractivity contribution is 0.0988. The average molecular weight is 318 g/mol. The summed E-state index contributed by atoms with van der Waals surface area (Å²) in [5.74, 6) is -0.635. The number of nitrogens with zero attached hydrogens (tertiary/aromatic N) is 4. The minimum atomic E-state index is -0.341. The van der Waals surface area contributed by atoms with Crippen LogP contribution < -0.4 is 4.80 Å². The Labute approximate surface area is 130 Å². The van der Waals surface area contributed by atoms with E-state index in [1.54, 1.807) is 19.3 Å². The number of carbonyl (C=O) groups excluding carboxylic acids is 1.